The molecule has 0 bridgehead atoms. The van der Waals surface area contributed by atoms with Crippen molar-refractivity contribution in [2.75, 3.05) is 40.0 Å². The Balaban J connectivity index is 1.21. The zero-order valence-corrected chi connectivity index (χ0v) is 22.6. The Kier molecular flexibility index (Phi) is 6.59. The van der Waals surface area contributed by atoms with Gasteiger partial charge in [0.2, 0.25) is 0 Å². The monoisotopic (exact) mass is 535 g/mol. The number of hydrogen-bond donors (Lipinski definition) is 0. The third kappa shape index (κ3) is 4.79. The number of carbonyl (C=O) groups excluding carboxylic acids is 1. The first-order chi connectivity index (χ1) is 19.6. The molecule has 2 fully saturated rings. The van der Waals surface area contributed by atoms with E-state index in [2.05, 4.69) is 93.0 Å². The molecule has 2 aromatic carbocycles. The van der Waals surface area contributed by atoms with Gasteiger partial charge >= 0.3 is 0 Å². The van der Waals surface area contributed by atoms with Gasteiger partial charge in [0.1, 0.15) is 19.0 Å². The van der Waals surface area contributed by atoms with Crippen molar-refractivity contribution in [2.24, 2.45) is 0 Å². The Bertz CT molecular complexity index is 1600. The normalized spacial score (nSPS) is 21.1. The highest BCUT2D eigenvalue weighted by Gasteiger charge is 2.28. The fourth-order valence-corrected chi connectivity index (χ4v) is 5.91. The number of likely N-dealkylation sites (N-methyl/N-ethyl adjacent to an activating group) is 1. The zero-order valence-electron chi connectivity index (χ0n) is 22.6. The molecule has 204 valence electrons. The standard InChI is InChI=1S/C32H33N5O3/c1-34-11-13-36(14-12-34)32(38)29-20-35(19-28(29)27-8-4-6-24-5-2-3-7-26(24)27)18-25-16-33-21-37(25)17-23-9-10-30-31(15-23)40-22-39-30/h2-10,15-16,19-21,30-31H,11-14,17-18,22H2,1H3. The van der Waals surface area contributed by atoms with Gasteiger partial charge in [0, 0.05) is 56.9 Å². The van der Waals surface area contributed by atoms with Gasteiger partial charge in [-0.1, -0.05) is 54.6 Å². The third-order valence-corrected chi connectivity index (χ3v) is 8.20. The molecule has 2 aliphatic heterocycles. The van der Waals surface area contributed by atoms with Crippen LogP contribution in [0.15, 0.2) is 91.2 Å². The summed E-state index contributed by atoms with van der Waals surface area (Å²) >= 11 is 0. The van der Waals surface area contributed by atoms with Gasteiger partial charge in [-0.3, -0.25) is 4.79 Å². The van der Waals surface area contributed by atoms with Crippen LogP contribution in [-0.4, -0.2) is 82.1 Å². The number of piperazine rings is 1. The van der Waals surface area contributed by atoms with Crippen molar-refractivity contribution in [1.29, 1.82) is 0 Å². The fourth-order valence-electron chi connectivity index (χ4n) is 5.91. The molecule has 0 spiro atoms. The number of ether oxygens (including phenoxy) is 2. The van der Waals surface area contributed by atoms with Gasteiger partial charge in [0.15, 0.2) is 0 Å². The minimum atomic E-state index is -0.0252. The lowest BCUT2D eigenvalue weighted by atomic mass is 9.97. The Morgan fingerprint density at radius 2 is 1.77 bits per heavy atom. The molecule has 0 saturated carbocycles. The summed E-state index contributed by atoms with van der Waals surface area (Å²) in [5, 5.41) is 2.31. The lowest BCUT2D eigenvalue weighted by Gasteiger charge is -2.32. The van der Waals surface area contributed by atoms with Crippen LogP contribution in [0.2, 0.25) is 0 Å². The van der Waals surface area contributed by atoms with E-state index >= 15 is 0 Å². The number of aromatic nitrogens is 3. The maximum Gasteiger partial charge on any atom is 0.256 e. The van der Waals surface area contributed by atoms with E-state index in [9.17, 15) is 4.79 Å². The minimum Gasteiger partial charge on any atom is -0.347 e. The predicted octanol–water partition coefficient (Wildman–Crippen LogP) is 4.18. The Hall–Kier alpha value is -3.98. The van der Waals surface area contributed by atoms with E-state index in [0.717, 1.165) is 59.3 Å². The average Bonchev–Trinajstić information content (AvgIpc) is 3.73. The summed E-state index contributed by atoms with van der Waals surface area (Å²) < 4.78 is 15.5. The van der Waals surface area contributed by atoms with Gasteiger partial charge in [0.25, 0.3) is 5.91 Å². The number of fused-ring (bicyclic) bond motifs is 2. The lowest BCUT2D eigenvalue weighted by Crippen LogP contribution is -2.47. The zero-order chi connectivity index (χ0) is 27.1. The number of hydrogen-bond acceptors (Lipinski definition) is 5. The quantitative estimate of drug-likeness (QED) is 0.371. The predicted molar refractivity (Wildman–Crippen MR) is 154 cm³/mol. The molecular weight excluding hydrogens is 502 g/mol. The summed E-state index contributed by atoms with van der Waals surface area (Å²) in [6, 6.07) is 14.7. The van der Waals surface area contributed by atoms with E-state index in [1.165, 1.54) is 5.57 Å². The topological polar surface area (TPSA) is 64.8 Å². The molecule has 1 amide bonds. The Morgan fingerprint density at radius 3 is 2.67 bits per heavy atom. The van der Waals surface area contributed by atoms with Crippen LogP contribution in [0.1, 0.15) is 16.1 Å². The molecule has 0 N–H and O–H groups in total. The third-order valence-electron chi connectivity index (χ3n) is 8.20. The van der Waals surface area contributed by atoms with Crippen molar-refractivity contribution in [1.82, 2.24) is 23.9 Å². The van der Waals surface area contributed by atoms with Crippen LogP contribution < -0.4 is 0 Å². The highest BCUT2D eigenvalue weighted by Crippen LogP contribution is 2.33. The van der Waals surface area contributed by atoms with Gasteiger partial charge in [-0.05, 0) is 35.0 Å². The maximum atomic E-state index is 13.9. The van der Waals surface area contributed by atoms with Crippen LogP contribution >= 0.6 is 0 Å². The van der Waals surface area contributed by atoms with E-state index in [-0.39, 0.29) is 18.1 Å². The van der Waals surface area contributed by atoms with Gasteiger partial charge in [-0.25, -0.2) is 4.98 Å². The molecule has 7 rings (SSSR count). The first-order valence-electron chi connectivity index (χ1n) is 13.9. The largest absolute Gasteiger partial charge is 0.347 e. The lowest BCUT2D eigenvalue weighted by molar-refractivity contribution is 0.0503. The van der Waals surface area contributed by atoms with Crippen molar-refractivity contribution in [3.05, 3.63) is 102 Å². The van der Waals surface area contributed by atoms with Gasteiger partial charge in [-0.2, -0.15) is 0 Å². The Morgan fingerprint density at radius 1 is 0.950 bits per heavy atom. The molecule has 3 aliphatic rings. The number of nitrogens with zero attached hydrogens (tertiary/aromatic N) is 5. The van der Waals surface area contributed by atoms with E-state index in [1.54, 1.807) is 0 Å². The van der Waals surface area contributed by atoms with Gasteiger partial charge in [-0.15, -0.1) is 0 Å². The van der Waals surface area contributed by atoms with Crippen molar-refractivity contribution in [3.8, 4) is 11.1 Å². The number of carbonyl (C=O) groups is 1. The van der Waals surface area contributed by atoms with Crippen molar-refractivity contribution < 1.29 is 14.3 Å². The fraction of sp³-hybridized carbons (Fsp3) is 0.312. The van der Waals surface area contributed by atoms with Gasteiger partial charge in [0.05, 0.1) is 24.1 Å². The molecule has 8 nitrogen and oxygen atoms in total. The molecule has 1 aliphatic carbocycles. The van der Waals surface area contributed by atoms with Crippen LogP contribution in [0, 0.1) is 0 Å². The van der Waals surface area contributed by atoms with Crippen LogP contribution in [0.25, 0.3) is 21.9 Å². The molecule has 4 aromatic rings. The maximum absolute atomic E-state index is 13.9. The van der Waals surface area contributed by atoms with Crippen LogP contribution in [-0.2, 0) is 22.6 Å². The summed E-state index contributed by atoms with van der Waals surface area (Å²) in [7, 11) is 2.11. The summed E-state index contributed by atoms with van der Waals surface area (Å²) in [4.78, 5) is 22.6. The summed E-state index contributed by atoms with van der Waals surface area (Å²) in [5.41, 5.74) is 5.02. The molecule has 0 radical (unpaired) electrons. The minimum absolute atomic E-state index is 0.00892. The van der Waals surface area contributed by atoms with E-state index in [4.69, 9.17) is 9.47 Å². The van der Waals surface area contributed by atoms with E-state index < -0.39 is 0 Å². The highest BCUT2D eigenvalue weighted by molar-refractivity contribution is 6.06. The SMILES string of the molecule is CN1CCN(C(=O)c2cn(Cc3cncn3CC3=CC4OCOC4C=C3)cc2-c2cccc3ccccc23)CC1. The first-order valence-corrected chi connectivity index (χ1v) is 13.9. The molecule has 2 unspecified atom stereocenters. The molecule has 40 heavy (non-hydrogen) atoms. The van der Waals surface area contributed by atoms with Crippen LogP contribution in [0.5, 0.6) is 0 Å². The second-order valence-electron chi connectivity index (χ2n) is 10.9. The first kappa shape index (κ1) is 25.0. The number of amides is 1. The molecule has 4 heterocycles. The van der Waals surface area contributed by atoms with Crippen molar-refractivity contribution >= 4 is 16.7 Å². The smallest absolute Gasteiger partial charge is 0.256 e. The Labute approximate surface area is 233 Å². The second-order valence-corrected chi connectivity index (χ2v) is 10.9. The molecule has 2 aromatic heterocycles. The van der Waals surface area contributed by atoms with E-state index in [1.807, 2.05) is 23.6 Å². The summed E-state index contributed by atoms with van der Waals surface area (Å²) in [5.74, 6) is 0.0918. The van der Waals surface area contributed by atoms with Gasteiger partial charge < -0.3 is 28.4 Å². The molecular formula is C32H33N5O3. The number of benzene rings is 2. The molecule has 2 saturated heterocycles. The van der Waals surface area contributed by atoms with Crippen LogP contribution in [0.4, 0.5) is 0 Å². The summed E-state index contributed by atoms with van der Waals surface area (Å²) in [6.45, 7) is 4.89. The molecule has 2 atom stereocenters. The number of imidazole rings is 1. The number of allylic oxidation sites excluding steroid dienone is 2. The van der Waals surface area contributed by atoms with E-state index in [0.29, 0.717) is 19.9 Å². The van der Waals surface area contributed by atoms with Crippen LogP contribution in [0.3, 0.4) is 0 Å². The second kappa shape index (κ2) is 10.5. The highest BCUT2D eigenvalue weighted by atomic mass is 16.7. The molecule has 8 heteroatoms. The average molecular weight is 536 g/mol. The summed E-state index contributed by atoms with van der Waals surface area (Å²) in [6.07, 6.45) is 14.2. The van der Waals surface area contributed by atoms with Crippen molar-refractivity contribution in [3.63, 3.8) is 0 Å². The van der Waals surface area contributed by atoms with Crippen molar-refractivity contribution in [2.45, 2.75) is 25.3 Å². The number of rotatable bonds is 6.